The van der Waals surface area contributed by atoms with E-state index >= 15 is 0 Å². The van der Waals surface area contributed by atoms with Crippen molar-refractivity contribution in [2.24, 2.45) is 5.73 Å². The third-order valence-corrected chi connectivity index (χ3v) is 4.21. The molecule has 0 fully saturated rings. The van der Waals surface area contributed by atoms with Gasteiger partial charge in [-0.2, -0.15) is 0 Å². The van der Waals surface area contributed by atoms with Gasteiger partial charge in [0.2, 0.25) is 5.91 Å². The molecule has 1 rings (SSSR count). The molecular weight excluding hydrogens is 416 g/mol. The Bertz CT molecular complexity index is 423. The Hall–Kier alpha value is 0.0900. The molecule has 94 valence electrons. The molecule has 0 spiro atoms. The van der Waals surface area contributed by atoms with E-state index in [1.54, 1.807) is 6.92 Å². The van der Waals surface area contributed by atoms with Crippen LogP contribution in [0.5, 0.6) is 0 Å². The molecule has 0 aromatic heterocycles. The van der Waals surface area contributed by atoms with E-state index < -0.39 is 5.54 Å². The number of anilines is 1. The maximum absolute atomic E-state index is 12.0. The second-order valence-corrected chi connectivity index (χ2v) is 6.59. The number of carbonyl (C=O) groups excluding carboxylic acids is 1. The van der Waals surface area contributed by atoms with Crippen LogP contribution >= 0.6 is 47.8 Å². The Morgan fingerprint density at radius 1 is 1.35 bits per heavy atom. The van der Waals surface area contributed by atoms with Gasteiger partial charge in [0, 0.05) is 13.4 Å². The number of benzene rings is 1. The largest absolute Gasteiger partial charge is 0.323 e. The first kappa shape index (κ1) is 15.1. The SMILES string of the molecule is CCC(C)(N)C(=O)Nc1c(Br)cc(Br)cc1Br. The normalized spacial score (nSPS) is 14.2. The monoisotopic (exact) mass is 426 g/mol. The molecule has 0 bridgehead atoms. The molecule has 0 aliphatic heterocycles. The molecule has 1 amide bonds. The lowest BCUT2D eigenvalue weighted by Crippen LogP contribution is -2.47. The molecule has 0 radical (unpaired) electrons. The minimum Gasteiger partial charge on any atom is -0.323 e. The van der Waals surface area contributed by atoms with Crippen molar-refractivity contribution in [3.8, 4) is 0 Å². The van der Waals surface area contributed by atoms with Gasteiger partial charge in [0.15, 0.2) is 0 Å². The van der Waals surface area contributed by atoms with Crippen molar-refractivity contribution in [1.82, 2.24) is 0 Å². The Morgan fingerprint density at radius 2 is 1.82 bits per heavy atom. The predicted molar refractivity (Wildman–Crippen MR) is 81.1 cm³/mol. The van der Waals surface area contributed by atoms with Gasteiger partial charge >= 0.3 is 0 Å². The summed E-state index contributed by atoms with van der Waals surface area (Å²) in [5.41, 5.74) is 5.70. The summed E-state index contributed by atoms with van der Waals surface area (Å²) < 4.78 is 2.50. The summed E-state index contributed by atoms with van der Waals surface area (Å²) in [5.74, 6) is -0.205. The van der Waals surface area contributed by atoms with Gasteiger partial charge in [-0.25, -0.2) is 0 Å². The summed E-state index contributed by atoms with van der Waals surface area (Å²) in [6.07, 6.45) is 0.574. The molecular formula is C11H13Br3N2O. The zero-order valence-corrected chi connectivity index (χ0v) is 14.2. The van der Waals surface area contributed by atoms with Crippen LogP contribution in [-0.2, 0) is 4.79 Å². The molecule has 1 aromatic rings. The van der Waals surface area contributed by atoms with Gasteiger partial charge in [0.25, 0.3) is 0 Å². The van der Waals surface area contributed by atoms with Crippen LogP contribution in [-0.4, -0.2) is 11.4 Å². The average Bonchev–Trinajstić information content (AvgIpc) is 2.22. The van der Waals surface area contributed by atoms with Crippen molar-refractivity contribution in [1.29, 1.82) is 0 Å². The molecule has 1 atom stereocenters. The van der Waals surface area contributed by atoms with Crippen LogP contribution < -0.4 is 11.1 Å². The predicted octanol–water partition coefficient (Wildman–Crippen LogP) is 4.04. The van der Waals surface area contributed by atoms with Crippen LogP contribution in [0.1, 0.15) is 20.3 Å². The summed E-state index contributed by atoms with van der Waals surface area (Å²) in [5, 5.41) is 2.82. The van der Waals surface area contributed by atoms with Gasteiger partial charge < -0.3 is 11.1 Å². The topological polar surface area (TPSA) is 55.1 Å². The van der Waals surface area contributed by atoms with Crippen molar-refractivity contribution >= 4 is 59.4 Å². The van der Waals surface area contributed by atoms with Crippen LogP contribution in [0.2, 0.25) is 0 Å². The molecule has 0 saturated heterocycles. The summed E-state index contributed by atoms with van der Waals surface area (Å²) in [6.45, 7) is 3.59. The smallest absolute Gasteiger partial charge is 0.244 e. The number of amides is 1. The number of nitrogens with one attached hydrogen (secondary N) is 1. The third kappa shape index (κ3) is 3.77. The van der Waals surface area contributed by atoms with Crippen molar-refractivity contribution in [3.63, 3.8) is 0 Å². The van der Waals surface area contributed by atoms with Crippen LogP contribution in [0.25, 0.3) is 0 Å². The van der Waals surface area contributed by atoms with Crippen LogP contribution in [0.15, 0.2) is 25.6 Å². The maximum Gasteiger partial charge on any atom is 0.244 e. The van der Waals surface area contributed by atoms with Gasteiger partial charge in [-0.05, 0) is 57.3 Å². The first-order valence-corrected chi connectivity index (χ1v) is 7.40. The van der Waals surface area contributed by atoms with Crippen LogP contribution in [0.4, 0.5) is 5.69 Å². The zero-order valence-electron chi connectivity index (χ0n) is 9.48. The zero-order chi connectivity index (χ0) is 13.2. The van der Waals surface area contributed by atoms with E-state index in [1.165, 1.54) is 0 Å². The quantitative estimate of drug-likeness (QED) is 0.763. The lowest BCUT2D eigenvalue weighted by Gasteiger charge is -2.22. The number of hydrogen-bond acceptors (Lipinski definition) is 2. The van der Waals surface area contributed by atoms with Crippen LogP contribution in [0, 0.1) is 0 Å². The molecule has 6 heteroatoms. The summed E-state index contributed by atoms with van der Waals surface area (Å²) in [7, 11) is 0. The molecule has 3 nitrogen and oxygen atoms in total. The highest BCUT2D eigenvalue weighted by atomic mass is 79.9. The van der Waals surface area contributed by atoms with Crippen LogP contribution in [0.3, 0.4) is 0 Å². The minimum absolute atomic E-state index is 0.205. The highest BCUT2D eigenvalue weighted by molar-refractivity contribution is 9.11. The molecule has 0 aliphatic carbocycles. The first-order chi connectivity index (χ1) is 7.77. The third-order valence-electron chi connectivity index (χ3n) is 2.50. The molecule has 1 unspecified atom stereocenters. The molecule has 3 N–H and O–H groups in total. The fraction of sp³-hybridized carbons (Fsp3) is 0.364. The fourth-order valence-corrected chi connectivity index (χ4v) is 3.54. The Labute approximate surface area is 126 Å². The van der Waals surface area contributed by atoms with Gasteiger partial charge in [-0.3, -0.25) is 4.79 Å². The van der Waals surface area contributed by atoms with Crippen molar-refractivity contribution < 1.29 is 4.79 Å². The van der Waals surface area contributed by atoms with Gasteiger partial charge in [-0.1, -0.05) is 22.9 Å². The van der Waals surface area contributed by atoms with Crippen molar-refractivity contribution in [3.05, 3.63) is 25.6 Å². The van der Waals surface area contributed by atoms with Crippen molar-refractivity contribution in [2.75, 3.05) is 5.32 Å². The van der Waals surface area contributed by atoms with E-state index in [-0.39, 0.29) is 5.91 Å². The van der Waals surface area contributed by atoms with Gasteiger partial charge in [-0.15, -0.1) is 0 Å². The maximum atomic E-state index is 12.0. The number of rotatable bonds is 3. The number of nitrogens with two attached hydrogens (primary N) is 1. The van der Waals surface area contributed by atoms with Crippen molar-refractivity contribution in [2.45, 2.75) is 25.8 Å². The summed E-state index contributed by atoms with van der Waals surface area (Å²) in [4.78, 5) is 12.0. The summed E-state index contributed by atoms with van der Waals surface area (Å²) >= 11 is 10.2. The number of carbonyl (C=O) groups is 1. The lowest BCUT2D eigenvalue weighted by atomic mass is 9.99. The van der Waals surface area contributed by atoms with Gasteiger partial charge in [0.05, 0.1) is 11.2 Å². The summed E-state index contributed by atoms with van der Waals surface area (Å²) in [6, 6.07) is 3.72. The highest BCUT2D eigenvalue weighted by Gasteiger charge is 2.27. The standard InChI is InChI=1S/C11H13Br3N2O/c1-3-11(2,15)10(17)16-9-7(13)4-6(12)5-8(9)14/h4-5H,3,15H2,1-2H3,(H,16,17). The van der Waals surface area contributed by atoms with E-state index in [0.29, 0.717) is 12.1 Å². The number of halogens is 3. The average molecular weight is 429 g/mol. The first-order valence-electron chi connectivity index (χ1n) is 5.03. The Morgan fingerprint density at radius 3 is 2.24 bits per heavy atom. The number of hydrogen-bond donors (Lipinski definition) is 2. The molecule has 0 heterocycles. The van der Waals surface area contributed by atoms with E-state index in [2.05, 4.69) is 53.1 Å². The van der Waals surface area contributed by atoms with E-state index in [1.807, 2.05) is 19.1 Å². The van der Waals surface area contributed by atoms with E-state index in [0.717, 1.165) is 13.4 Å². The molecule has 17 heavy (non-hydrogen) atoms. The highest BCUT2D eigenvalue weighted by Crippen LogP contribution is 2.34. The fourth-order valence-electron chi connectivity index (χ4n) is 1.08. The Kier molecular flexibility index (Phi) is 5.19. The second-order valence-electron chi connectivity index (χ2n) is 3.97. The Balaban J connectivity index is 3.01. The van der Waals surface area contributed by atoms with Gasteiger partial charge in [0.1, 0.15) is 0 Å². The second kappa shape index (κ2) is 5.82. The van der Waals surface area contributed by atoms with E-state index in [4.69, 9.17) is 5.73 Å². The minimum atomic E-state index is -0.869. The lowest BCUT2D eigenvalue weighted by molar-refractivity contribution is -0.120. The molecule has 1 aromatic carbocycles. The molecule has 0 aliphatic rings. The molecule has 0 saturated carbocycles. The van der Waals surface area contributed by atoms with E-state index in [9.17, 15) is 4.79 Å².